The van der Waals surface area contributed by atoms with E-state index in [1.165, 1.54) is 23.3 Å². The lowest BCUT2D eigenvalue weighted by Crippen LogP contribution is -2.32. The number of nitrogens with one attached hydrogen (secondary N) is 1. The van der Waals surface area contributed by atoms with E-state index in [2.05, 4.69) is 32.7 Å². The molecule has 1 saturated heterocycles. The number of nitrogens with zero attached hydrogens (tertiary/aromatic N) is 3. The summed E-state index contributed by atoms with van der Waals surface area (Å²) in [6.07, 6.45) is 7.92. The number of hydrogen-bond acceptors (Lipinski definition) is 3. The summed E-state index contributed by atoms with van der Waals surface area (Å²) in [5, 5.41) is 7.90. The second kappa shape index (κ2) is 6.84. The van der Waals surface area contributed by atoms with E-state index in [9.17, 15) is 4.39 Å². The van der Waals surface area contributed by atoms with E-state index in [0.29, 0.717) is 6.04 Å². The van der Waals surface area contributed by atoms with Crippen molar-refractivity contribution in [2.75, 3.05) is 13.1 Å². The van der Waals surface area contributed by atoms with Crippen molar-refractivity contribution in [2.24, 2.45) is 0 Å². The predicted octanol–water partition coefficient (Wildman–Crippen LogP) is 4.70. The number of aromatic amines is 1. The molecule has 0 aliphatic carbocycles. The molecule has 1 aromatic carbocycles. The molecule has 4 heterocycles. The molecule has 1 fully saturated rings. The summed E-state index contributed by atoms with van der Waals surface area (Å²) in [4.78, 5) is 6.63. The van der Waals surface area contributed by atoms with Crippen LogP contribution in [0.3, 0.4) is 0 Å². The van der Waals surface area contributed by atoms with Gasteiger partial charge in [0.15, 0.2) is 0 Å². The molecule has 3 aromatic rings. The quantitative estimate of drug-likeness (QED) is 0.678. The average molecular weight is 372 g/mol. The van der Waals surface area contributed by atoms with Gasteiger partial charge < -0.3 is 0 Å². The monoisotopic (exact) mass is 372 g/mol. The molecule has 0 bridgehead atoms. The van der Waals surface area contributed by atoms with Crippen LogP contribution >= 0.6 is 0 Å². The van der Waals surface area contributed by atoms with Crippen LogP contribution in [0.4, 0.5) is 4.39 Å². The Labute approximate surface area is 163 Å². The Morgan fingerprint density at radius 2 is 1.86 bits per heavy atom. The van der Waals surface area contributed by atoms with Crippen LogP contribution in [-0.2, 0) is 0 Å². The summed E-state index contributed by atoms with van der Waals surface area (Å²) in [5.74, 6) is -0.249. The van der Waals surface area contributed by atoms with Gasteiger partial charge in [-0.2, -0.15) is 5.10 Å². The van der Waals surface area contributed by atoms with Crippen molar-refractivity contribution in [1.82, 2.24) is 20.1 Å². The molecule has 28 heavy (non-hydrogen) atoms. The maximum atomic E-state index is 13.4. The van der Waals surface area contributed by atoms with Gasteiger partial charge >= 0.3 is 0 Å². The number of benzene rings is 1. The van der Waals surface area contributed by atoms with Gasteiger partial charge in [0.2, 0.25) is 0 Å². The first-order valence-corrected chi connectivity index (χ1v) is 9.55. The Hall–Kier alpha value is -3.05. The Balaban J connectivity index is 1.64. The first kappa shape index (κ1) is 17.1. The molecular formula is C23H21FN4. The van der Waals surface area contributed by atoms with E-state index in [4.69, 9.17) is 0 Å². The second-order valence-corrected chi connectivity index (χ2v) is 7.50. The maximum absolute atomic E-state index is 13.4. The Morgan fingerprint density at radius 3 is 2.64 bits per heavy atom. The molecule has 1 unspecified atom stereocenters. The summed E-state index contributed by atoms with van der Waals surface area (Å²) < 4.78 is 13.4. The number of aromatic nitrogens is 3. The third kappa shape index (κ3) is 2.98. The van der Waals surface area contributed by atoms with Gasteiger partial charge in [0.25, 0.3) is 0 Å². The van der Waals surface area contributed by atoms with E-state index < -0.39 is 0 Å². The minimum atomic E-state index is -0.249. The third-order valence-corrected chi connectivity index (χ3v) is 5.63. The molecule has 1 atom stereocenters. The van der Waals surface area contributed by atoms with Gasteiger partial charge in [-0.1, -0.05) is 18.2 Å². The van der Waals surface area contributed by atoms with Crippen LogP contribution in [0.25, 0.3) is 28.0 Å². The molecule has 2 aliphatic heterocycles. The lowest BCUT2D eigenvalue weighted by molar-refractivity contribution is 0.290. The van der Waals surface area contributed by atoms with Gasteiger partial charge in [0.05, 0.1) is 5.69 Å². The van der Waals surface area contributed by atoms with Crippen LogP contribution in [-0.4, -0.2) is 39.2 Å². The van der Waals surface area contributed by atoms with E-state index in [1.807, 2.05) is 12.1 Å². The van der Waals surface area contributed by atoms with Crippen LogP contribution in [0.15, 0.2) is 67.0 Å². The first-order chi connectivity index (χ1) is 13.7. The van der Waals surface area contributed by atoms with Gasteiger partial charge in [-0.05, 0) is 60.4 Å². The SMILES string of the molecule is C=C1CC2C=C(c3[nH]nc(-c4ccc(F)cc4)c3-c3ccncc3)CCN2C1. The molecule has 2 aliphatic rings. The average Bonchev–Trinajstić information content (AvgIpc) is 3.31. The van der Waals surface area contributed by atoms with E-state index >= 15 is 0 Å². The highest BCUT2D eigenvalue weighted by molar-refractivity contribution is 5.89. The molecule has 4 nitrogen and oxygen atoms in total. The number of fused-ring (bicyclic) bond motifs is 1. The molecule has 1 N–H and O–H groups in total. The van der Waals surface area contributed by atoms with Crippen LogP contribution in [0, 0.1) is 5.82 Å². The number of hydrogen-bond donors (Lipinski definition) is 1. The van der Waals surface area contributed by atoms with Crippen LogP contribution in [0.5, 0.6) is 0 Å². The Morgan fingerprint density at radius 1 is 1.07 bits per heavy atom. The zero-order valence-corrected chi connectivity index (χ0v) is 15.5. The molecule has 140 valence electrons. The molecule has 0 saturated carbocycles. The minimum Gasteiger partial charge on any atom is -0.292 e. The van der Waals surface area contributed by atoms with E-state index in [0.717, 1.165) is 54.0 Å². The third-order valence-electron chi connectivity index (χ3n) is 5.63. The summed E-state index contributed by atoms with van der Waals surface area (Å²) in [6.45, 7) is 6.18. The van der Waals surface area contributed by atoms with Gasteiger partial charge in [-0.3, -0.25) is 15.0 Å². The molecule has 0 amide bonds. The summed E-state index contributed by atoms with van der Waals surface area (Å²) >= 11 is 0. The molecule has 2 aromatic heterocycles. The standard InChI is InChI=1S/C23H21FN4/c1-15-12-20-13-18(8-11-28(20)14-15)23-21(16-6-9-25-10-7-16)22(26-27-23)17-2-4-19(24)5-3-17/h2-7,9-10,13,20H,1,8,11-12,14H2,(H,26,27). The van der Waals surface area contributed by atoms with Gasteiger partial charge in [0, 0.05) is 42.7 Å². The minimum absolute atomic E-state index is 0.249. The summed E-state index contributed by atoms with van der Waals surface area (Å²) in [6, 6.07) is 10.9. The van der Waals surface area contributed by atoms with Gasteiger partial charge in [-0.15, -0.1) is 0 Å². The highest BCUT2D eigenvalue weighted by Gasteiger charge is 2.30. The zero-order chi connectivity index (χ0) is 19.1. The molecule has 5 rings (SSSR count). The van der Waals surface area contributed by atoms with E-state index in [1.54, 1.807) is 24.5 Å². The highest BCUT2D eigenvalue weighted by Crippen LogP contribution is 2.39. The number of pyridine rings is 1. The lowest BCUT2D eigenvalue weighted by Gasteiger charge is -2.28. The Kier molecular flexibility index (Phi) is 4.17. The molecule has 0 spiro atoms. The molecular weight excluding hydrogens is 351 g/mol. The van der Waals surface area contributed by atoms with Crippen molar-refractivity contribution in [2.45, 2.75) is 18.9 Å². The van der Waals surface area contributed by atoms with Crippen LogP contribution in [0.1, 0.15) is 18.5 Å². The normalized spacial score (nSPS) is 19.5. The summed E-state index contributed by atoms with van der Waals surface area (Å²) in [7, 11) is 0. The fraction of sp³-hybridized carbons (Fsp3) is 0.217. The lowest BCUT2D eigenvalue weighted by atomic mass is 9.92. The van der Waals surface area contributed by atoms with Crippen molar-refractivity contribution >= 4 is 5.57 Å². The van der Waals surface area contributed by atoms with Crippen LogP contribution < -0.4 is 0 Å². The maximum Gasteiger partial charge on any atom is 0.123 e. The topological polar surface area (TPSA) is 44.8 Å². The predicted molar refractivity (Wildman–Crippen MR) is 109 cm³/mol. The largest absolute Gasteiger partial charge is 0.292 e. The van der Waals surface area contributed by atoms with Gasteiger partial charge in [-0.25, -0.2) is 4.39 Å². The molecule has 0 radical (unpaired) electrons. The number of halogens is 1. The fourth-order valence-electron chi connectivity index (χ4n) is 4.28. The first-order valence-electron chi connectivity index (χ1n) is 9.55. The zero-order valence-electron chi connectivity index (χ0n) is 15.5. The number of H-pyrrole nitrogens is 1. The number of rotatable bonds is 3. The highest BCUT2D eigenvalue weighted by atomic mass is 19.1. The van der Waals surface area contributed by atoms with E-state index in [-0.39, 0.29) is 5.82 Å². The van der Waals surface area contributed by atoms with Crippen molar-refractivity contribution in [3.8, 4) is 22.4 Å². The van der Waals surface area contributed by atoms with Gasteiger partial charge in [0.1, 0.15) is 11.5 Å². The second-order valence-electron chi connectivity index (χ2n) is 7.50. The fourth-order valence-corrected chi connectivity index (χ4v) is 4.28. The smallest absolute Gasteiger partial charge is 0.123 e. The van der Waals surface area contributed by atoms with Crippen LogP contribution in [0.2, 0.25) is 0 Å². The summed E-state index contributed by atoms with van der Waals surface area (Å²) in [5.41, 5.74) is 7.45. The van der Waals surface area contributed by atoms with Crippen molar-refractivity contribution in [3.63, 3.8) is 0 Å². The van der Waals surface area contributed by atoms with Crippen molar-refractivity contribution in [3.05, 3.63) is 78.5 Å². The van der Waals surface area contributed by atoms with Crippen molar-refractivity contribution in [1.29, 1.82) is 0 Å². The Bertz CT molecular complexity index is 1050. The molecule has 5 heteroatoms. The van der Waals surface area contributed by atoms with Crippen molar-refractivity contribution < 1.29 is 4.39 Å².